The van der Waals surface area contributed by atoms with Crippen molar-refractivity contribution in [2.45, 2.75) is 45.3 Å². The van der Waals surface area contributed by atoms with E-state index in [1.807, 2.05) is 20.8 Å². The molecule has 120 valence electrons. The maximum absolute atomic E-state index is 11.7. The number of hydrogen-bond acceptors (Lipinski definition) is 6. The van der Waals surface area contributed by atoms with Gasteiger partial charge in [0.25, 0.3) is 0 Å². The Bertz CT molecular complexity index is 583. The van der Waals surface area contributed by atoms with E-state index in [9.17, 15) is 8.42 Å². The molecule has 0 saturated heterocycles. The first-order valence-electron chi connectivity index (χ1n) is 7.13. The minimum Gasteiger partial charge on any atom is -0.370 e. The molecule has 0 unspecified atom stereocenters. The zero-order valence-corrected chi connectivity index (χ0v) is 14.5. The molecule has 0 aliphatic heterocycles. The zero-order chi connectivity index (χ0) is 16.3. The van der Waals surface area contributed by atoms with Gasteiger partial charge < -0.3 is 10.6 Å². The third-order valence-corrected chi connectivity index (χ3v) is 5.47. The fourth-order valence-electron chi connectivity index (χ4n) is 1.52. The largest absolute Gasteiger partial charge is 0.370 e. The molecule has 7 heteroatoms. The van der Waals surface area contributed by atoms with E-state index in [1.165, 1.54) is 6.26 Å². The molecule has 0 aliphatic rings. The second-order valence-electron chi connectivity index (χ2n) is 6.07. The second-order valence-corrected chi connectivity index (χ2v) is 8.72. The van der Waals surface area contributed by atoms with Crippen LogP contribution in [0.3, 0.4) is 0 Å². The third-order valence-electron chi connectivity index (χ3n) is 3.32. The van der Waals surface area contributed by atoms with Crippen LogP contribution in [0.25, 0.3) is 0 Å². The molecule has 1 rings (SSSR count). The van der Waals surface area contributed by atoms with Crippen LogP contribution in [0.15, 0.2) is 6.07 Å². The van der Waals surface area contributed by atoms with Crippen LogP contribution >= 0.6 is 0 Å². The first kappa shape index (κ1) is 17.7. The highest BCUT2D eigenvalue weighted by atomic mass is 32.2. The van der Waals surface area contributed by atoms with E-state index < -0.39 is 14.6 Å². The van der Waals surface area contributed by atoms with Crippen molar-refractivity contribution >= 4 is 21.5 Å². The maximum atomic E-state index is 11.7. The highest BCUT2D eigenvalue weighted by Gasteiger charge is 2.30. The highest BCUT2D eigenvalue weighted by molar-refractivity contribution is 7.92. The number of nitrogens with one attached hydrogen (secondary N) is 2. The Labute approximate surface area is 127 Å². The lowest BCUT2D eigenvalue weighted by Gasteiger charge is -2.23. The third kappa shape index (κ3) is 4.84. The molecule has 0 aromatic carbocycles. The van der Waals surface area contributed by atoms with Crippen LogP contribution in [0.5, 0.6) is 0 Å². The number of aromatic nitrogens is 2. The van der Waals surface area contributed by atoms with Gasteiger partial charge in [-0.2, -0.15) is 0 Å². The first-order chi connectivity index (χ1) is 9.56. The SMILES string of the molecule is CCNc1cc(NCC(C)(C)S(C)(=O)=O)nc(C(C)C)n1. The monoisotopic (exact) mass is 314 g/mol. The Morgan fingerprint density at radius 2 is 1.71 bits per heavy atom. The standard InChI is InChI=1S/C14H26N4O2S/c1-7-15-11-8-12(18-13(17-11)10(2)3)16-9-14(4,5)21(6,19)20/h8,10H,7,9H2,1-6H3,(H2,15,16,17,18). The maximum Gasteiger partial charge on any atom is 0.154 e. The molecule has 0 spiro atoms. The molecule has 0 atom stereocenters. The van der Waals surface area contributed by atoms with Gasteiger partial charge in [-0.25, -0.2) is 18.4 Å². The Hall–Kier alpha value is -1.37. The molecule has 0 saturated carbocycles. The average molecular weight is 314 g/mol. The van der Waals surface area contributed by atoms with Gasteiger partial charge in [-0.15, -0.1) is 0 Å². The molecule has 0 aliphatic carbocycles. The van der Waals surface area contributed by atoms with Crippen LogP contribution in [0, 0.1) is 0 Å². The topological polar surface area (TPSA) is 84.0 Å². The molecule has 2 N–H and O–H groups in total. The van der Waals surface area contributed by atoms with E-state index in [0.717, 1.165) is 18.2 Å². The van der Waals surface area contributed by atoms with Gasteiger partial charge in [-0.1, -0.05) is 13.8 Å². The number of nitrogens with zero attached hydrogens (tertiary/aromatic N) is 2. The zero-order valence-electron chi connectivity index (χ0n) is 13.7. The predicted molar refractivity (Wildman–Crippen MR) is 87.7 cm³/mol. The fraction of sp³-hybridized carbons (Fsp3) is 0.714. The van der Waals surface area contributed by atoms with Crippen molar-refractivity contribution in [3.8, 4) is 0 Å². The van der Waals surface area contributed by atoms with Gasteiger partial charge in [0.15, 0.2) is 9.84 Å². The van der Waals surface area contributed by atoms with Crippen molar-refractivity contribution < 1.29 is 8.42 Å². The summed E-state index contributed by atoms with van der Waals surface area (Å²) in [5.74, 6) is 2.32. The normalized spacial score (nSPS) is 12.5. The molecule has 6 nitrogen and oxygen atoms in total. The van der Waals surface area contributed by atoms with Crippen LogP contribution in [-0.4, -0.2) is 42.5 Å². The van der Waals surface area contributed by atoms with E-state index in [2.05, 4.69) is 20.6 Å². The van der Waals surface area contributed by atoms with Crippen molar-refractivity contribution in [1.82, 2.24) is 9.97 Å². The molecule has 21 heavy (non-hydrogen) atoms. The summed E-state index contributed by atoms with van der Waals surface area (Å²) in [6.07, 6.45) is 1.25. The molecule has 1 aromatic rings. The Morgan fingerprint density at radius 3 is 2.14 bits per heavy atom. The second kappa shape index (κ2) is 6.60. The first-order valence-corrected chi connectivity index (χ1v) is 9.02. The Morgan fingerprint density at radius 1 is 1.19 bits per heavy atom. The molecule has 0 fully saturated rings. The number of sulfone groups is 1. The average Bonchev–Trinajstić information content (AvgIpc) is 2.35. The highest BCUT2D eigenvalue weighted by Crippen LogP contribution is 2.20. The van der Waals surface area contributed by atoms with Gasteiger partial charge in [0.1, 0.15) is 17.5 Å². The van der Waals surface area contributed by atoms with Crippen LogP contribution < -0.4 is 10.6 Å². The van der Waals surface area contributed by atoms with Crippen LogP contribution in [0.4, 0.5) is 11.6 Å². The lowest BCUT2D eigenvalue weighted by molar-refractivity contribution is 0.559. The molecule has 0 amide bonds. The van der Waals surface area contributed by atoms with E-state index in [-0.39, 0.29) is 5.92 Å². The summed E-state index contributed by atoms with van der Waals surface area (Å²) >= 11 is 0. The van der Waals surface area contributed by atoms with Gasteiger partial charge in [0.2, 0.25) is 0 Å². The van der Waals surface area contributed by atoms with Gasteiger partial charge in [-0.3, -0.25) is 0 Å². The van der Waals surface area contributed by atoms with Gasteiger partial charge >= 0.3 is 0 Å². The van der Waals surface area contributed by atoms with E-state index in [0.29, 0.717) is 12.4 Å². The number of hydrogen-bond donors (Lipinski definition) is 2. The summed E-state index contributed by atoms with van der Waals surface area (Å²) in [6, 6.07) is 1.80. The van der Waals surface area contributed by atoms with Crippen molar-refractivity contribution in [2.75, 3.05) is 30.0 Å². The fourth-order valence-corrected chi connectivity index (χ4v) is 1.86. The summed E-state index contributed by atoms with van der Waals surface area (Å²) in [5, 5.41) is 6.28. The van der Waals surface area contributed by atoms with Crippen LogP contribution in [0.2, 0.25) is 0 Å². The number of anilines is 2. The van der Waals surface area contributed by atoms with Gasteiger partial charge in [0.05, 0.1) is 4.75 Å². The van der Waals surface area contributed by atoms with Crippen molar-refractivity contribution in [3.05, 3.63) is 11.9 Å². The molecular weight excluding hydrogens is 288 g/mol. The molecule has 1 heterocycles. The Kier molecular flexibility index (Phi) is 5.55. The summed E-state index contributed by atoms with van der Waals surface area (Å²) in [5.41, 5.74) is 0. The van der Waals surface area contributed by atoms with Gasteiger partial charge in [0, 0.05) is 31.3 Å². The molecular formula is C14H26N4O2S. The quantitative estimate of drug-likeness (QED) is 0.803. The summed E-state index contributed by atoms with van der Waals surface area (Å²) in [4.78, 5) is 8.88. The van der Waals surface area contributed by atoms with Gasteiger partial charge in [-0.05, 0) is 20.8 Å². The molecule has 0 radical (unpaired) electrons. The predicted octanol–water partition coefficient (Wildman–Crippen LogP) is 2.27. The number of rotatable bonds is 7. The molecule has 1 aromatic heterocycles. The van der Waals surface area contributed by atoms with E-state index in [1.54, 1.807) is 19.9 Å². The Balaban J connectivity index is 2.97. The summed E-state index contributed by atoms with van der Waals surface area (Å²) < 4.78 is 22.6. The molecule has 0 bridgehead atoms. The van der Waals surface area contributed by atoms with Crippen molar-refractivity contribution in [1.29, 1.82) is 0 Å². The van der Waals surface area contributed by atoms with Crippen molar-refractivity contribution in [2.24, 2.45) is 0 Å². The minimum atomic E-state index is -3.14. The van der Waals surface area contributed by atoms with Crippen LogP contribution in [-0.2, 0) is 9.84 Å². The van der Waals surface area contributed by atoms with E-state index >= 15 is 0 Å². The summed E-state index contributed by atoms with van der Waals surface area (Å²) in [7, 11) is -3.14. The smallest absolute Gasteiger partial charge is 0.154 e. The van der Waals surface area contributed by atoms with E-state index in [4.69, 9.17) is 0 Å². The summed E-state index contributed by atoms with van der Waals surface area (Å²) in [6.45, 7) is 10.5. The van der Waals surface area contributed by atoms with Crippen molar-refractivity contribution in [3.63, 3.8) is 0 Å². The lowest BCUT2D eigenvalue weighted by atomic mass is 10.2. The van der Waals surface area contributed by atoms with Crippen LogP contribution in [0.1, 0.15) is 46.4 Å². The minimum absolute atomic E-state index is 0.201. The lowest BCUT2D eigenvalue weighted by Crippen LogP contribution is -2.38.